The summed E-state index contributed by atoms with van der Waals surface area (Å²) in [6.45, 7) is 1.11. The largest absolute Gasteiger partial charge is 0.380 e. The number of ether oxygens (including phenoxy) is 2. The van der Waals surface area contributed by atoms with Crippen molar-refractivity contribution in [2.45, 2.75) is 13.2 Å². The second kappa shape index (κ2) is 7.44. The van der Waals surface area contributed by atoms with Crippen LogP contribution in [0.25, 0.3) is 0 Å². The van der Waals surface area contributed by atoms with Crippen LogP contribution < -0.4 is 5.32 Å². The molecule has 2 rings (SSSR count). The third-order valence-electron chi connectivity index (χ3n) is 2.98. The Bertz CT molecular complexity index is 606. The summed E-state index contributed by atoms with van der Waals surface area (Å²) in [5.74, 6) is 0. The molecule has 0 bridgehead atoms. The number of hydrogen-bond acceptors (Lipinski definition) is 4. The highest BCUT2D eigenvalue weighted by Crippen LogP contribution is 2.21. The summed E-state index contributed by atoms with van der Waals surface area (Å²) >= 11 is 0. The molecule has 4 heteroatoms. The summed E-state index contributed by atoms with van der Waals surface area (Å²) in [5, 5.41) is 12.1. The van der Waals surface area contributed by atoms with E-state index in [1.807, 2.05) is 24.3 Å². The number of hydrogen-bond donors (Lipinski definition) is 1. The molecule has 1 N–H and O–H groups in total. The summed E-state index contributed by atoms with van der Waals surface area (Å²) in [4.78, 5) is 0. The standard InChI is InChI=1S/C17H18N2O2/c1-20-11-14-7-15(12-21-2)9-17(8-14)19-16-5-3-13(10-18)4-6-16/h3-9,19H,11-12H2,1-2H3. The maximum Gasteiger partial charge on any atom is 0.0991 e. The van der Waals surface area contributed by atoms with Crippen molar-refractivity contribution in [2.75, 3.05) is 19.5 Å². The molecule has 0 aliphatic heterocycles. The van der Waals surface area contributed by atoms with Gasteiger partial charge in [0.2, 0.25) is 0 Å². The van der Waals surface area contributed by atoms with Crippen molar-refractivity contribution in [3.63, 3.8) is 0 Å². The maximum atomic E-state index is 8.81. The zero-order chi connectivity index (χ0) is 15.1. The van der Waals surface area contributed by atoms with Crippen molar-refractivity contribution >= 4 is 11.4 Å². The van der Waals surface area contributed by atoms with Gasteiger partial charge in [-0.3, -0.25) is 0 Å². The van der Waals surface area contributed by atoms with Gasteiger partial charge in [0.05, 0.1) is 24.8 Å². The molecular formula is C17H18N2O2. The number of benzene rings is 2. The first-order valence-electron chi connectivity index (χ1n) is 6.63. The molecule has 0 aliphatic carbocycles. The van der Waals surface area contributed by atoms with E-state index < -0.39 is 0 Å². The van der Waals surface area contributed by atoms with Gasteiger partial charge in [-0.25, -0.2) is 0 Å². The fraction of sp³-hybridized carbons (Fsp3) is 0.235. The van der Waals surface area contributed by atoms with Crippen LogP contribution in [0.15, 0.2) is 42.5 Å². The van der Waals surface area contributed by atoms with Crippen molar-refractivity contribution in [1.29, 1.82) is 5.26 Å². The van der Waals surface area contributed by atoms with Gasteiger partial charge in [-0.05, 0) is 47.5 Å². The highest BCUT2D eigenvalue weighted by molar-refractivity contribution is 5.62. The first-order chi connectivity index (χ1) is 10.2. The molecule has 0 saturated heterocycles. The Morgan fingerprint density at radius 1 is 0.905 bits per heavy atom. The summed E-state index contributed by atoms with van der Waals surface area (Å²) in [6.07, 6.45) is 0. The minimum atomic E-state index is 0.555. The van der Waals surface area contributed by atoms with Crippen LogP contribution in [-0.4, -0.2) is 14.2 Å². The molecule has 0 spiro atoms. The molecule has 0 atom stereocenters. The fourth-order valence-corrected chi connectivity index (χ4v) is 2.13. The van der Waals surface area contributed by atoms with E-state index >= 15 is 0 Å². The molecule has 0 aliphatic rings. The lowest BCUT2D eigenvalue weighted by Crippen LogP contribution is -1.97. The van der Waals surface area contributed by atoms with E-state index in [1.165, 1.54) is 0 Å². The Morgan fingerprint density at radius 3 is 1.95 bits per heavy atom. The van der Waals surface area contributed by atoms with E-state index in [0.29, 0.717) is 18.8 Å². The molecule has 21 heavy (non-hydrogen) atoms. The zero-order valence-corrected chi connectivity index (χ0v) is 12.2. The van der Waals surface area contributed by atoms with Gasteiger partial charge in [-0.15, -0.1) is 0 Å². The monoisotopic (exact) mass is 282 g/mol. The third-order valence-corrected chi connectivity index (χ3v) is 2.98. The number of nitrogens with one attached hydrogen (secondary N) is 1. The van der Waals surface area contributed by atoms with Crippen LogP contribution in [0, 0.1) is 11.3 Å². The van der Waals surface area contributed by atoms with Crippen molar-refractivity contribution in [2.24, 2.45) is 0 Å². The predicted molar refractivity (Wildman–Crippen MR) is 82.3 cm³/mol. The average Bonchev–Trinajstić information content (AvgIpc) is 2.48. The first kappa shape index (κ1) is 15.0. The number of nitriles is 1. The van der Waals surface area contributed by atoms with Crippen LogP contribution in [0.2, 0.25) is 0 Å². The number of anilines is 2. The normalized spacial score (nSPS) is 10.1. The molecule has 4 nitrogen and oxygen atoms in total. The average molecular weight is 282 g/mol. The highest BCUT2D eigenvalue weighted by atomic mass is 16.5. The summed E-state index contributed by atoms with van der Waals surface area (Å²) in [6, 6.07) is 15.6. The SMILES string of the molecule is COCc1cc(COC)cc(Nc2ccc(C#N)cc2)c1. The first-order valence-corrected chi connectivity index (χ1v) is 6.63. The van der Waals surface area contributed by atoms with Crippen molar-refractivity contribution < 1.29 is 9.47 Å². The lowest BCUT2D eigenvalue weighted by Gasteiger charge is -2.11. The maximum absolute atomic E-state index is 8.81. The van der Waals surface area contributed by atoms with E-state index in [0.717, 1.165) is 22.5 Å². The van der Waals surface area contributed by atoms with E-state index in [1.54, 1.807) is 26.4 Å². The van der Waals surface area contributed by atoms with E-state index in [9.17, 15) is 0 Å². The Hall–Kier alpha value is -2.35. The minimum Gasteiger partial charge on any atom is -0.380 e. The van der Waals surface area contributed by atoms with Crippen molar-refractivity contribution in [1.82, 2.24) is 0 Å². The lowest BCUT2D eigenvalue weighted by molar-refractivity contribution is 0.180. The zero-order valence-electron chi connectivity index (χ0n) is 12.2. The predicted octanol–water partition coefficient (Wildman–Crippen LogP) is 3.59. The van der Waals surface area contributed by atoms with Gasteiger partial charge in [0.25, 0.3) is 0 Å². The summed E-state index contributed by atoms with van der Waals surface area (Å²) < 4.78 is 10.4. The van der Waals surface area contributed by atoms with Crippen LogP contribution >= 0.6 is 0 Å². The number of nitrogens with zero attached hydrogens (tertiary/aromatic N) is 1. The Balaban J connectivity index is 2.22. The van der Waals surface area contributed by atoms with Crippen LogP contribution in [0.5, 0.6) is 0 Å². The van der Waals surface area contributed by atoms with Gasteiger partial charge < -0.3 is 14.8 Å². The number of rotatable bonds is 6. The lowest BCUT2D eigenvalue weighted by atomic mass is 10.1. The molecule has 108 valence electrons. The Kier molecular flexibility index (Phi) is 5.33. The molecule has 0 unspecified atom stereocenters. The van der Waals surface area contributed by atoms with E-state index in [4.69, 9.17) is 14.7 Å². The quantitative estimate of drug-likeness (QED) is 0.879. The molecule has 0 radical (unpaired) electrons. The van der Waals surface area contributed by atoms with E-state index in [-0.39, 0.29) is 0 Å². The highest BCUT2D eigenvalue weighted by Gasteiger charge is 2.02. The summed E-state index contributed by atoms with van der Waals surface area (Å²) in [7, 11) is 3.35. The van der Waals surface area contributed by atoms with Crippen LogP contribution in [-0.2, 0) is 22.7 Å². The fourth-order valence-electron chi connectivity index (χ4n) is 2.13. The topological polar surface area (TPSA) is 54.3 Å². The van der Waals surface area contributed by atoms with Crippen LogP contribution in [0.1, 0.15) is 16.7 Å². The van der Waals surface area contributed by atoms with Gasteiger partial charge in [0.1, 0.15) is 0 Å². The van der Waals surface area contributed by atoms with Crippen LogP contribution in [0.4, 0.5) is 11.4 Å². The molecule has 0 aromatic heterocycles. The molecule has 2 aromatic rings. The second-order valence-corrected chi connectivity index (χ2v) is 4.72. The molecule has 0 amide bonds. The van der Waals surface area contributed by atoms with Gasteiger partial charge >= 0.3 is 0 Å². The van der Waals surface area contributed by atoms with Gasteiger partial charge in [0.15, 0.2) is 0 Å². The molecular weight excluding hydrogens is 264 g/mol. The molecule has 0 fully saturated rings. The summed E-state index contributed by atoms with van der Waals surface area (Å²) in [5.41, 5.74) is 4.73. The third kappa shape index (κ3) is 4.32. The van der Waals surface area contributed by atoms with Crippen molar-refractivity contribution in [3.8, 4) is 6.07 Å². The van der Waals surface area contributed by atoms with E-state index in [2.05, 4.69) is 17.5 Å². The van der Waals surface area contributed by atoms with Crippen molar-refractivity contribution in [3.05, 3.63) is 59.2 Å². The van der Waals surface area contributed by atoms with Gasteiger partial charge in [-0.2, -0.15) is 5.26 Å². The molecule has 2 aromatic carbocycles. The van der Waals surface area contributed by atoms with Gasteiger partial charge in [0, 0.05) is 25.6 Å². The number of methoxy groups -OCH3 is 2. The van der Waals surface area contributed by atoms with Gasteiger partial charge in [-0.1, -0.05) is 6.07 Å². The van der Waals surface area contributed by atoms with Crippen LogP contribution in [0.3, 0.4) is 0 Å². The Labute approximate surface area is 124 Å². The second-order valence-electron chi connectivity index (χ2n) is 4.72. The smallest absolute Gasteiger partial charge is 0.0991 e. The molecule has 0 heterocycles. The molecule has 0 saturated carbocycles. The Morgan fingerprint density at radius 2 is 1.48 bits per heavy atom. The minimum absolute atomic E-state index is 0.555.